The van der Waals surface area contributed by atoms with Crippen molar-refractivity contribution in [1.29, 1.82) is 0 Å². The summed E-state index contributed by atoms with van der Waals surface area (Å²) in [6.07, 6.45) is 4.38. The molecule has 0 unspecified atom stereocenters. The third-order valence-corrected chi connectivity index (χ3v) is 8.38. The Labute approximate surface area is 202 Å². The molecule has 0 atom stereocenters. The molecule has 0 amide bonds. The molecule has 7 aromatic rings. The highest BCUT2D eigenvalue weighted by atomic mass is 14.9. The Kier molecular flexibility index (Phi) is 3.19. The summed E-state index contributed by atoms with van der Waals surface area (Å²) in [7, 11) is 0. The third-order valence-electron chi connectivity index (χ3n) is 8.38. The van der Waals surface area contributed by atoms with E-state index >= 15 is 0 Å². The molecular weight excluding hydrogens is 422 g/mol. The summed E-state index contributed by atoms with van der Waals surface area (Å²) in [5, 5.41) is 6.73. The minimum absolute atomic E-state index is 1.01. The van der Waals surface area contributed by atoms with Crippen LogP contribution in [-0.2, 0) is 12.8 Å². The molecule has 2 heterocycles. The molecule has 0 radical (unpaired) electrons. The highest BCUT2D eigenvalue weighted by Gasteiger charge is 2.26. The van der Waals surface area contributed by atoms with Crippen molar-refractivity contribution in [2.75, 3.05) is 0 Å². The van der Waals surface area contributed by atoms with Crippen LogP contribution in [0.4, 0.5) is 0 Å². The van der Waals surface area contributed by atoms with Crippen molar-refractivity contribution in [3.8, 4) is 22.3 Å². The zero-order chi connectivity index (χ0) is 22.7. The van der Waals surface area contributed by atoms with Crippen molar-refractivity contribution in [1.82, 2.24) is 4.40 Å². The second-order valence-electron chi connectivity index (χ2n) is 10.2. The SMILES string of the molecule is c1ccc2c(c1)Cc1cc3c(cc1-2)c1ccc2c(c1c1c4ccccc4cn31)-c1ccccc1C2. The minimum Gasteiger partial charge on any atom is -0.315 e. The number of fused-ring (bicyclic) bond motifs is 15. The van der Waals surface area contributed by atoms with Crippen LogP contribution in [0.5, 0.6) is 0 Å². The van der Waals surface area contributed by atoms with E-state index in [0.717, 1.165) is 12.8 Å². The number of pyridine rings is 1. The molecule has 0 fully saturated rings. The van der Waals surface area contributed by atoms with Gasteiger partial charge in [-0.3, -0.25) is 0 Å². The van der Waals surface area contributed by atoms with Crippen LogP contribution in [0.3, 0.4) is 0 Å². The number of hydrogen-bond donors (Lipinski definition) is 0. The van der Waals surface area contributed by atoms with E-state index in [1.165, 1.54) is 82.5 Å². The fourth-order valence-corrected chi connectivity index (χ4v) is 6.88. The fraction of sp³-hybridized carbons (Fsp3) is 0.0588. The molecule has 9 rings (SSSR count). The summed E-state index contributed by atoms with van der Waals surface area (Å²) >= 11 is 0. The summed E-state index contributed by atoms with van der Waals surface area (Å²) in [6, 6.07) is 36.4. The summed E-state index contributed by atoms with van der Waals surface area (Å²) in [6.45, 7) is 0. The normalized spacial score (nSPS) is 13.5. The standard InChI is InChI=1S/C34H21N/c1-4-10-25-20(7-1)16-24-17-31-30(18-29(24)25)28-14-13-22-15-21-8-2-5-11-26(21)32(22)33(28)34-27-12-6-3-9-23(27)19-35(31)34/h1-14,17-19H,15-16H2. The Balaban J connectivity index is 1.55. The van der Waals surface area contributed by atoms with Crippen LogP contribution in [0.2, 0.25) is 0 Å². The topological polar surface area (TPSA) is 4.41 Å². The molecule has 35 heavy (non-hydrogen) atoms. The van der Waals surface area contributed by atoms with Crippen LogP contribution in [-0.4, -0.2) is 4.40 Å². The van der Waals surface area contributed by atoms with Crippen molar-refractivity contribution in [2.45, 2.75) is 12.8 Å². The van der Waals surface area contributed by atoms with E-state index in [-0.39, 0.29) is 0 Å². The zero-order valence-electron chi connectivity index (χ0n) is 19.2. The Morgan fingerprint density at radius 1 is 0.514 bits per heavy atom. The van der Waals surface area contributed by atoms with E-state index in [0.29, 0.717) is 0 Å². The largest absolute Gasteiger partial charge is 0.315 e. The quantitative estimate of drug-likeness (QED) is 0.207. The average molecular weight is 444 g/mol. The number of benzene rings is 5. The van der Waals surface area contributed by atoms with E-state index < -0.39 is 0 Å². The first-order chi connectivity index (χ1) is 17.3. The van der Waals surface area contributed by atoms with E-state index in [2.05, 4.69) is 108 Å². The Hall–Kier alpha value is -4.36. The maximum atomic E-state index is 2.48. The van der Waals surface area contributed by atoms with Gasteiger partial charge in [0, 0.05) is 27.7 Å². The molecule has 0 N–H and O–H groups in total. The van der Waals surface area contributed by atoms with Crippen LogP contribution in [0.25, 0.3) is 60.2 Å². The zero-order valence-corrected chi connectivity index (χ0v) is 19.2. The summed E-state index contributed by atoms with van der Waals surface area (Å²) < 4.78 is 2.48. The molecule has 0 bridgehead atoms. The maximum absolute atomic E-state index is 2.48. The van der Waals surface area contributed by atoms with Crippen molar-refractivity contribution < 1.29 is 0 Å². The monoisotopic (exact) mass is 443 g/mol. The molecule has 0 spiro atoms. The number of aromatic nitrogens is 1. The third kappa shape index (κ3) is 2.19. The van der Waals surface area contributed by atoms with Crippen LogP contribution in [0.15, 0.2) is 103 Å². The lowest BCUT2D eigenvalue weighted by atomic mass is 9.93. The van der Waals surface area contributed by atoms with Crippen molar-refractivity contribution in [3.63, 3.8) is 0 Å². The van der Waals surface area contributed by atoms with Crippen molar-refractivity contribution in [2.24, 2.45) is 0 Å². The molecule has 0 aliphatic heterocycles. The van der Waals surface area contributed by atoms with Gasteiger partial charge in [0.15, 0.2) is 0 Å². The van der Waals surface area contributed by atoms with E-state index in [9.17, 15) is 0 Å². The predicted octanol–water partition coefficient (Wildman–Crippen LogP) is 8.54. The van der Waals surface area contributed by atoms with Gasteiger partial charge < -0.3 is 4.40 Å². The Bertz CT molecular complexity index is 2050. The first-order valence-electron chi connectivity index (χ1n) is 12.5. The summed E-state index contributed by atoms with van der Waals surface area (Å²) in [5.41, 5.74) is 14.0. The summed E-state index contributed by atoms with van der Waals surface area (Å²) in [5.74, 6) is 0. The molecule has 2 aliphatic carbocycles. The second kappa shape index (κ2) is 6.20. The van der Waals surface area contributed by atoms with Gasteiger partial charge in [-0.2, -0.15) is 0 Å². The lowest BCUT2D eigenvalue weighted by Gasteiger charge is -2.15. The molecule has 1 heteroatoms. The van der Waals surface area contributed by atoms with Crippen LogP contribution in [0.1, 0.15) is 22.3 Å². The van der Waals surface area contributed by atoms with E-state index in [1.807, 2.05) is 0 Å². The molecule has 1 nitrogen and oxygen atoms in total. The Morgan fingerprint density at radius 3 is 2.17 bits per heavy atom. The minimum atomic E-state index is 1.01. The van der Waals surface area contributed by atoms with Crippen molar-refractivity contribution in [3.05, 3.63) is 126 Å². The highest BCUT2D eigenvalue weighted by molar-refractivity contribution is 6.25. The molecule has 162 valence electrons. The van der Waals surface area contributed by atoms with Gasteiger partial charge in [-0.1, -0.05) is 84.9 Å². The molecule has 0 saturated carbocycles. The van der Waals surface area contributed by atoms with Gasteiger partial charge in [0.05, 0.1) is 11.0 Å². The van der Waals surface area contributed by atoms with Crippen LogP contribution >= 0.6 is 0 Å². The smallest absolute Gasteiger partial charge is 0.0619 e. The maximum Gasteiger partial charge on any atom is 0.0619 e. The highest BCUT2D eigenvalue weighted by Crippen LogP contribution is 2.48. The van der Waals surface area contributed by atoms with Crippen molar-refractivity contribution >= 4 is 38.0 Å². The first-order valence-corrected chi connectivity index (χ1v) is 12.5. The average Bonchev–Trinajstić information content (AvgIpc) is 3.58. The molecular formula is C34H21N. The van der Waals surface area contributed by atoms with E-state index in [1.54, 1.807) is 0 Å². The predicted molar refractivity (Wildman–Crippen MR) is 146 cm³/mol. The second-order valence-corrected chi connectivity index (χ2v) is 10.2. The van der Waals surface area contributed by atoms with Gasteiger partial charge in [0.2, 0.25) is 0 Å². The van der Waals surface area contributed by atoms with Gasteiger partial charge in [-0.25, -0.2) is 0 Å². The molecule has 2 aromatic heterocycles. The number of hydrogen-bond acceptors (Lipinski definition) is 0. The van der Waals surface area contributed by atoms with Crippen LogP contribution < -0.4 is 0 Å². The fourth-order valence-electron chi connectivity index (χ4n) is 6.88. The van der Waals surface area contributed by atoms with Gasteiger partial charge in [-0.15, -0.1) is 0 Å². The molecule has 2 aliphatic rings. The van der Waals surface area contributed by atoms with Crippen LogP contribution in [0, 0.1) is 0 Å². The summed E-state index contributed by atoms with van der Waals surface area (Å²) in [4.78, 5) is 0. The number of rotatable bonds is 0. The number of nitrogens with zero attached hydrogens (tertiary/aromatic N) is 1. The first kappa shape index (κ1) is 18.0. The van der Waals surface area contributed by atoms with Gasteiger partial charge in [0.25, 0.3) is 0 Å². The lowest BCUT2D eigenvalue weighted by Crippen LogP contribution is -1.94. The van der Waals surface area contributed by atoms with Gasteiger partial charge >= 0.3 is 0 Å². The van der Waals surface area contributed by atoms with Gasteiger partial charge in [0.1, 0.15) is 0 Å². The lowest BCUT2D eigenvalue weighted by molar-refractivity contribution is 1.24. The van der Waals surface area contributed by atoms with Gasteiger partial charge in [-0.05, 0) is 74.9 Å². The molecule has 0 saturated heterocycles. The molecule has 5 aromatic carbocycles. The van der Waals surface area contributed by atoms with E-state index in [4.69, 9.17) is 0 Å². The Morgan fingerprint density at radius 2 is 1.26 bits per heavy atom.